The summed E-state index contributed by atoms with van der Waals surface area (Å²) < 4.78 is 1.36. The molecule has 0 bridgehead atoms. The Kier molecular flexibility index (Phi) is 4.77. The van der Waals surface area contributed by atoms with E-state index in [0.29, 0.717) is 22.0 Å². The van der Waals surface area contributed by atoms with Crippen molar-refractivity contribution < 1.29 is 5.11 Å². The molecule has 29 heavy (non-hydrogen) atoms. The number of aliphatic imine (C=N–C) groups is 1. The van der Waals surface area contributed by atoms with Crippen molar-refractivity contribution >= 4 is 22.7 Å². The number of aryl methyl sites for hydroxylation is 2. The van der Waals surface area contributed by atoms with E-state index in [1.54, 1.807) is 12.3 Å². The van der Waals surface area contributed by atoms with Gasteiger partial charge in [-0.2, -0.15) is 0 Å². The normalized spacial score (nSPS) is 11.4. The lowest BCUT2D eigenvalue weighted by atomic mass is 10.1. The number of fused-ring (bicyclic) bond motifs is 1. The number of rotatable bonds is 3. The van der Waals surface area contributed by atoms with Crippen LogP contribution in [0.1, 0.15) is 22.3 Å². The summed E-state index contributed by atoms with van der Waals surface area (Å²) in [7, 11) is 0. The first kappa shape index (κ1) is 18.7. The minimum absolute atomic E-state index is 0.114. The molecule has 3 aromatic carbocycles. The maximum Gasteiger partial charge on any atom is 0.265 e. The zero-order valence-corrected chi connectivity index (χ0v) is 16.7. The van der Waals surface area contributed by atoms with Crippen molar-refractivity contribution in [2.75, 3.05) is 0 Å². The molecule has 1 N–H and O–H groups in total. The topological polar surface area (TPSA) is 54.6 Å². The zero-order valence-electron chi connectivity index (χ0n) is 16.7. The molecule has 0 atom stereocenters. The number of benzene rings is 3. The third-order valence-corrected chi connectivity index (χ3v) is 5.37. The van der Waals surface area contributed by atoms with Gasteiger partial charge < -0.3 is 5.11 Å². The van der Waals surface area contributed by atoms with Gasteiger partial charge in [0.25, 0.3) is 5.56 Å². The first-order chi connectivity index (χ1) is 14.0. The second-order valence-electron chi connectivity index (χ2n) is 7.19. The number of aromatic hydroxyl groups is 1. The Labute approximate surface area is 169 Å². The van der Waals surface area contributed by atoms with E-state index in [4.69, 9.17) is 0 Å². The molecule has 0 aliphatic carbocycles. The van der Waals surface area contributed by atoms with Crippen LogP contribution in [-0.4, -0.2) is 15.9 Å². The van der Waals surface area contributed by atoms with Crippen LogP contribution < -0.4 is 5.56 Å². The van der Waals surface area contributed by atoms with E-state index in [2.05, 4.69) is 4.99 Å². The summed E-state index contributed by atoms with van der Waals surface area (Å²) in [6.07, 6.45) is 1.65. The fourth-order valence-electron chi connectivity index (χ4n) is 3.54. The molecular formula is C25H22N2O2. The molecule has 0 spiro atoms. The largest absolute Gasteiger partial charge is 0.494 e. The summed E-state index contributed by atoms with van der Waals surface area (Å²) in [6.45, 7) is 5.98. The fourth-order valence-corrected chi connectivity index (χ4v) is 3.54. The second-order valence-corrected chi connectivity index (χ2v) is 7.19. The molecule has 144 valence electrons. The van der Waals surface area contributed by atoms with Gasteiger partial charge >= 0.3 is 0 Å². The third-order valence-electron chi connectivity index (χ3n) is 5.37. The van der Waals surface area contributed by atoms with E-state index in [0.717, 1.165) is 22.4 Å². The molecule has 0 aliphatic rings. The Morgan fingerprint density at radius 2 is 1.48 bits per heavy atom. The maximum absolute atomic E-state index is 13.2. The van der Waals surface area contributed by atoms with Crippen LogP contribution >= 0.6 is 0 Å². The molecule has 0 aliphatic heterocycles. The molecule has 1 aromatic heterocycles. The fraction of sp³-hybridized carbons (Fsp3) is 0.120. The molecule has 4 heteroatoms. The van der Waals surface area contributed by atoms with Crippen LogP contribution in [0.15, 0.2) is 76.5 Å². The molecule has 0 fully saturated rings. The van der Waals surface area contributed by atoms with Gasteiger partial charge in [0.05, 0.1) is 16.9 Å². The Hall–Kier alpha value is -3.66. The lowest BCUT2D eigenvalue weighted by Gasteiger charge is -2.15. The summed E-state index contributed by atoms with van der Waals surface area (Å²) in [5.74, 6) is -0.114. The quantitative estimate of drug-likeness (QED) is 0.484. The van der Waals surface area contributed by atoms with Crippen LogP contribution in [0.4, 0.5) is 5.69 Å². The molecule has 0 saturated heterocycles. The Morgan fingerprint density at radius 3 is 2.24 bits per heavy atom. The van der Waals surface area contributed by atoms with Crippen LogP contribution in [-0.2, 0) is 0 Å². The Bertz CT molecular complexity index is 1320. The first-order valence-corrected chi connectivity index (χ1v) is 9.52. The molecule has 4 nitrogen and oxygen atoms in total. The van der Waals surface area contributed by atoms with Crippen LogP contribution in [0.5, 0.6) is 5.88 Å². The summed E-state index contributed by atoms with van der Waals surface area (Å²) in [4.78, 5) is 17.8. The highest BCUT2D eigenvalue weighted by Crippen LogP contribution is 2.28. The summed E-state index contributed by atoms with van der Waals surface area (Å²) >= 11 is 0. The lowest BCUT2D eigenvalue weighted by Crippen LogP contribution is -2.20. The van der Waals surface area contributed by atoms with Crippen molar-refractivity contribution in [1.29, 1.82) is 0 Å². The average Bonchev–Trinajstić information content (AvgIpc) is 2.72. The summed E-state index contributed by atoms with van der Waals surface area (Å²) in [5, 5.41) is 12.3. The second kappa shape index (κ2) is 7.40. The molecular weight excluding hydrogens is 360 g/mol. The van der Waals surface area contributed by atoms with E-state index in [1.165, 1.54) is 4.57 Å². The van der Waals surface area contributed by atoms with Gasteiger partial charge in [-0.3, -0.25) is 9.79 Å². The maximum atomic E-state index is 13.2. The van der Waals surface area contributed by atoms with Crippen molar-refractivity contribution in [3.63, 3.8) is 0 Å². The van der Waals surface area contributed by atoms with Crippen molar-refractivity contribution in [2.45, 2.75) is 20.8 Å². The number of hydrogen-bond acceptors (Lipinski definition) is 3. The number of aromatic nitrogens is 1. The Balaban J connectivity index is 2.01. The van der Waals surface area contributed by atoms with Crippen molar-refractivity contribution in [3.05, 3.63) is 99.3 Å². The van der Waals surface area contributed by atoms with Gasteiger partial charge in [-0.25, -0.2) is 4.57 Å². The minimum Gasteiger partial charge on any atom is -0.494 e. The monoisotopic (exact) mass is 382 g/mol. The molecule has 0 saturated carbocycles. The van der Waals surface area contributed by atoms with Gasteiger partial charge in [0.2, 0.25) is 5.88 Å². The predicted octanol–water partition coefficient (Wildman–Crippen LogP) is 5.37. The van der Waals surface area contributed by atoms with Crippen LogP contribution in [0.3, 0.4) is 0 Å². The molecule has 4 rings (SSSR count). The highest BCUT2D eigenvalue weighted by Gasteiger charge is 2.17. The lowest BCUT2D eigenvalue weighted by molar-refractivity contribution is 0.436. The van der Waals surface area contributed by atoms with E-state index in [9.17, 15) is 9.90 Å². The van der Waals surface area contributed by atoms with Gasteiger partial charge in [-0.15, -0.1) is 0 Å². The summed E-state index contributed by atoms with van der Waals surface area (Å²) in [6, 6.07) is 20.7. The first-order valence-electron chi connectivity index (χ1n) is 9.52. The minimum atomic E-state index is -0.253. The van der Waals surface area contributed by atoms with Crippen molar-refractivity contribution in [1.82, 2.24) is 4.57 Å². The molecule has 0 radical (unpaired) electrons. The van der Waals surface area contributed by atoms with E-state index < -0.39 is 0 Å². The third kappa shape index (κ3) is 3.23. The number of nitrogens with zero attached hydrogens (tertiary/aromatic N) is 2. The predicted molar refractivity (Wildman–Crippen MR) is 119 cm³/mol. The van der Waals surface area contributed by atoms with Crippen LogP contribution in [0.25, 0.3) is 16.5 Å². The van der Waals surface area contributed by atoms with Crippen LogP contribution in [0, 0.1) is 20.8 Å². The standard InChI is InChI=1S/C25H22N2O2/c1-16-10-8-13-22(18(16)3)26-15-21-19-11-5-6-12-20(19)24(28)27(25(21)29)23-14-7-4-9-17(23)2/h4-15,29H,1-3H3. The van der Waals surface area contributed by atoms with E-state index in [1.807, 2.05) is 81.4 Å². The van der Waals surface area contributed by atoms with Crippen LogP contribution in [0.2, 0.25) is 0 Å². The molecule has 0 unspecified atom stereocenters. The van der Waals surface area contributed by atoms with Crippen molar-refractivity contribution in [3.8, 4) is 11.6 Å². The molecule has 4 aromatic rings. The number of hydrogen-bond donors (Lipinski definition) is 1. The molecule has 1 heterocycles. The highest BCUT2D eigenvalue weighted by atomic mass is 16.3. The van der Waals surface area contributed by atoms with Crippen molar-refractivity contribution in [2.24, 2.45) is 4.99 Å². The van der Waals surface area contributed by atoms with E-state index >= 15 is 0 Å². The zero-order chi connectivity index (χ0) is 20.5. The van der Waals surface area contributed by atoms with Gasteiger partial charge in [0, 0.05) is 17.0 Å². The van der Waals surface area contributed by atoms with E-state index in [-0.39, 0.29) is 11.4 Å². The van der Waals surface area contributed by atoms with Gasteiger partial charge in [0.1, 0.15) is 0 Å². The number of para-hydroxylation sites is 1. The Morgan fingerprint density at radius 1 is 0.828 bits per heavy atom. The smallest absolute Gasteiger partial charge is 0.265 e. The number of pyridine rings is 1. The summed E-state index contributed by atoms with van der Waals surface area (Å²) in [5.41, 5.74) is 4.89. The molecule has 0 amide bonds. The van der Waals surface area contributed by atoms with Gasteiger partial charge in [-0.05, 0) is 55.7 Å². The van der Waals surface area contributed by atoms with Gasteiger partial charge in [-0.1, -0.05) is 48.5 Å². The highest BCUT2D eigenvalue weighted by molar-refractivity contribution is 6.02. The average molecular weight is 382 g/mol. The van der Waals surface area contributed by atoms with Gasteiger partial charge in [0.15, 0.2) is 0 Å². The SMILES string of the molecule is Cc1ccccc1-n1c(O)c(C=Nc2cccc(C)c2C)c2ccccc2c1=O.